The number of anilines is 1. The molecule has 1 amide bonds. The number of aliphatic hydroxyl groups excluding tert-OH is 1. The van der Waals surface area contributed by atoms with Gasteiger partial charge in [-0.25, -0.2) is 9.97 Å². The Hall–Kier alpha value is -2.56. The van der Waals surface area contributed by atoms with E-state index in [2.05, 4.69) is 30.2 Å². The Kier molecular flexibility index (Phi) is 6.88. The summed E-state index contributed by atoms with van der Waals surface area (Å²) in [4.78, 5) is 25.5. The van der Waals surface area contributed by atoms with Crippen LogP contribution in [-0.2, 0) is 16.1 Å². The summed E-state index contributed by atoms with van der Waals surface area (Å²) in [5, 5.41) is 17.8. The molecule has 10 heteroatoms. The predicted octanol–water partition coefficient (Wildman–Crippen LogP) is -0.480. The number of rotatable bonds is 6. The molecule has 2 aliphatic heterocycles. The van der Waals surface area contributed by atoms with Crippen LogP contribution < -0.4 is 10.2 Å². The van der Waals surface area contributed by atoms with Crippen LogP contribution in [0.5, 0.6) is 0 Å². The molecule has 0 aromatic carbocycles. The van der Waals surface area contributed by atoms with Crippen molar-refractivity contribution in [2.24, 2.45) is 0 Å². The SMILES string of the molecule is O=C(Cn1cccn1)N[C@H]1CCO[C@H](CN2CCCN(c3ncccn3)CC2)[C@H]1O. The lowest BCUT2D eigenvalue weighted by Crippen LogP contribution is -2.56. The largest absolute Gasteiger partial charge is 0.388 e. The van der Waals surface area contributed by atoms with Crippen molar-refractivity contribution in [2.45, 2.75) is 37.6 Å². The van der Waals surface area contributed by atoms with E-state index < -0.39 is 6.10 Å². The highest BCUT2D eigenvalue weighted by Gasteiger charge is 2.35. The molecule has 4 heterocycles. The molecule has 4 rings (SSSR count). The average Bonchev–Trinajstić information content (AvgIpc) is 3.15. The van der Waals surface area contributed by atoms with Crippen molar-refractivity contribution >= 4 is 11.9 Å². The van der Waals surface area contributed by atoms with Gasteiger partial charge in [0.25, 0.3) is 0 Å². The van der Waals surface area contributed by atoms with Gasteiger partial charge in [-0.1, -0.05) is 0 Å². The summed E-state index contributed by atoms with van der Waals surface area (Å²) in [5.74, 6) is 0.602. The first-order valence-corrected chi connectivity index (χ1v) is 10.5. The quantitative estimate of drug-likeness (QED) is 0.651. The Morgan fingerprint density at radius 1 is 1.17 bits per heavy atom. The van der Waals surface area contributed by atoms with Crippen molar-refractivity contribution in [3.63, 3.8) is 0 Å². The van der Waals surface area contributed by atoms with Crippen molar-refractivity contribution in [1.29, 1.82) is 0 Å². The summed E-state index contributed by atoms with van der Waals surface area (Å²) in [6.07, 6.45) is 7.43. The molecule has 3 atom stereocenters. The van der Waals surface area contributed by atoms with Crippen molar-refractivity contribution in [3.05, 3.63) is 36.9 Å². The van der Waals surface area contributed by atoms with Gasteiger partial charge < -0.3 is 20.1 Å². The monoisotopic (exact) mass is 415 g/mol. The second-order valence-corrected chi connectivity index (χ2v) is 7.76. The van der Waals surface area contributed by atoms with Crippen LogP contribution in [0, 0.1) is 0 Å². The first-order chi connectivity index (χ1) is 14.7. The van der Waals surface area contributed by atoms with E-state index in [0.717, 1.165) is 38.5 Å². The van der Waals surface area contributed by atoms with E-state index in [1.165, 1.54) is 0 Å². The molecule has 2 saturated heterocycles. The van der Waals surface area contributed by atoms with E-state index in [1.54, 1.807) is 35.5 Å². The number of aromatic nitrogens is 4. The second kappa shape index (κ2) is 9.96. The lowest BCUT2D eigenvalue weighted by atomic mass is 9.99. The average molecular weight is 415 g/mol. The number of hydrogen-bond acceptors (Lipinski definition) is 8. The molecule has 0 bridgehead atoms. The molecule has 0 spiro atoms. The molecule has 2 N–H and O–H groups in total. The summed E-state index contributed by atoms with van der Waals surface area (Å²) in [7, 11) is 0. The maximum atomic E-state index is 12.3. The van der Waals surface area contributed by atoms with Crippen molar-refractivity contribution in [1.82, 2.24) is 30.0 Å². The zero-order chi connectivity index (χ0) is 20.8. The third-order valence-electron chi connectivity index (χ3n) is 5.63. The summed E-state index contributed by atoms with van der Waals surface area (Å²) >= 11 is 0. The van der Waals surface area contributed by atoms with Gasteiger partial charge >= 0.3 is 0 Å². The van der Waals surface area contributed by atoms with E-state index >= 15 is 0 Å². The fraction of sp³-hybridized carbons (Fsp3) is 0.600. The summed E-state index contributed by atoms with van der Waals surface area (Å²) < 4.78 is 7.43. The molecule has 2 aromatic heterocycles. The Bertz CT molecular complexity index is 789. The first kappa shape index (κ1) is 20.7. The number of nitrogens with zero attached hydrogens (tertiary/aromatic N) is 6. The lowest BCUT2D eigenvalue weighted by Gasteiger charge is -2.37. The maximum absolute atomic E-state index is 12.3. The van der Waals surface area contributed by atoms with Crippen molar-refractivity contribution in [3.8, 4) is 0 Å². The topological polar surface area (TPSA) is 109 Å². The van der Waals surface area contributed by atoms with Crippen molar-refractivity contribution < 1.29 is 14.6 Å². The number of hydrogen-bond donors (Lipinski definition) is 2. The van der Waals surface area contributed by atoms with E-state index in [1.807, 2.05) is 6.07 Å². The van der Waals surface area contributed by atoms with Gasteiger partial charge in [-0.15, -0.1) is 0 Å². The highest BCUT2D eigenvalue weighted by atomic mass is 16.5. The molecule has 0 aliphatic carbocycles. The normalized spacial score (nSPS) is 25.6. The summed E-state index contributed by atoms with van der Waals surface area (Å²) in [6, 6.07) is 3.28. The van der Waals surface area contributed by atoms with Gasteiger partial charge in [0.1, 0.15) is 12.6 Å². The predicted molar refractivity (Wildman–Crippen MR) is 110 cm³/mol. The molecule has 0 saturated carbocycles. The summed E-state index contributed by atoms with van der Waals surface area (Å²) in [6.45, 7) is 4.80. The number of aliphatic hydroxyl groups is 1. The van der Waals surface area contributed by atoms with Crippen LogP contribution in [0.2, 0.25) is 0 Å². The van der Waals surface area contributed by atoms with Gasteiger partial charge in [0.15, 0.2) is 0 Å². The van der Waals surface area contributed by atoms with Crippen LogP contribution >= 0.6 is 0 Å². The van der Waals surface area contributed by atoms with Crippen LogP contribution in [0.25, 0.3) is 0 Å². The number of amides is 1. The first-order valence-electron chi connectivity index (χ1n) is 10.5. The summed E-state index contributed by atoms with van der Waals surface area (Å²) in [5.41, 5.74) is 0. The molecule has 0 radical (unpaired) electrons. The third-order valence-corrected chi connectivity index (χ3v) is 5.63. The van der Waals surface area contributed by atoms with Gasteiger partial charge in [-0.05, 0) is 31.5 Å². The van der Waals surface area contributed by atoms with E-state index in [-0.39, 0.29) is 24.6 Å². The fourth-order valence-electron chi connectivity index (χ4n) is 4.05. The maximum Gasteiger partial charge on any atom is 0.242 e. The Morgan fingerprint density at radius 3 is 2.83 bits per heavy atom. The van der Waals surface area contributed by atoms with Gasteiger partial charge in [0.05, 0.1) is 12.1 Å². The number of ether oxygens (including phenoxy) is 1. The van der Waals surface area contributed by atoms with E-state index in [4.69, 9.17) is 4.74 Å². The minimum atomic E-state index is -0.739. The Morgan fingerprint density at radius 2 is 2.03 bits per heavy atom. The molecule has 2 aliphatic rings. The Balaban J connectivity index is 1.28. The number of nitrogens with one attached hydrogen (secondary N) is 1. The molecular weight excluding hydrogens is 386 g/mol. The van der Waals surface area contributed by atoms with E-state index in [9.17, 15) is 9.90 Å². The standard InChI is InChI=1S/C20H29N7O3/c28-18(15-27-10-2-7-23-27)24-16-4-13-30-17(19(16)29)14-25-8-3-9-26(12-11-25)20-21-5-1-6-22-20/h1-2,5-7,10,16-17,19,29H,3-4,8-9,11-15H2,(H,24,28)/t16-,17+,19-/m0/s1. The molecule has 0 unspecified atom stereocenters. The van der Waals surface area contributed by atoms with Gasteiger partial charge in [-0.2, -0.15) is 5.10 Å². The highest BCUT2D eigenvalue weighted by molar-refractivity contribution is 5.76. The van der Waals surface area contributed by atoms with Gasteiger partial charge in [-0.3, -0.25) is 14.4 Å². The molecule has 2 fully saturated rings. The minimum absolute atomic E-state index is 0.144. The lowest BCUT2D eigenvalue weighted by molar-refractivity contribution is -0.130. The van der Waals surface area contributed by atoms with Crippen molar-refractivity contribution in [2.75, 3.05) is 44.2 Å². The molecule has 162 valence electrons. The smallest absolute Gasteiger partial charge is 0.242 e. The fourth-order valence-corrected chi connectivity index (χ4v) is 4.05. The van der Waals surface area contributed by atoms with Crippen LogP contribution in [0.4, 0.5) is 5.95 Å². The zero-order valence-corrected chi connectivity index (χ0v) is 17.0. The van der Waals surface area contributed by atoms with Crippen LogP contribution in [-0.4, -0.2) is 93.2 Å². The molecule has 2 aromatic rings. The highest BCUT2D eigenvalue weighted by Crippen LogP contribution is 2.18. The number of carbonyl (C=O) groups excluding carboxylic acids is 1. The van der Waals surface area contributed by atoms with Gasteiger partial charge in [0, 0.05) is 57.6 Å². The number of carbonyl (C=O) groups is 1. The van der Waals surface area contributed by atoms with Gasteiger partial charge in [0.2, 0.25) is 11.9 Å². The van der Waals surface area contributed by atoms with Crippen LogP contribution in [0.15, 0.2) is 36.9 Å². The third kappa shape index (κ3) is 5.32. The second-order valence-electron chi connectivity index (χ2n) is 7.76. The Labute approximate surface area is 175 Å². The van der Waals surface area contributed by atoms with Crippen LogP contribution in [0.1, 0.15) is 12.8 Å². The molecule has 30 heavy (non-hydrogen) atoms. The van der Waals surface area contributed by atoms with Crippen LogP contribution in [0.3, 0.4) is 0 Å². The minimum Gasteiger partial charge on any atom is -0.388 e. The molecular formula is C20H29N7O3. The molecule has 10 nitrogen and oxygen atoms in total. The van der Waals surface area contributed by atoms with E-state index in [0.29, 0.717) is 19.6 Å². The zero-order valence-electron chi connectivity index (χ0n) is 17.0.